The molecule has 0 saturated heterocycles. The lowest BCUT2D eigenvalue weighted by molar-refractivity contribution is -0.122. The molecular weight excluding hydrogens is 302 g/mol. The highest BCUT2D eigenvalue weighted by Crippen LogP contribution is 2.39. The molecule has 2 nitrogen and oxygen atoms in total. The fourth-order valence-electron chi connectivity index (χ4n) is 2.51. The normalized spacial score (nSPS) is 16.5. The molecule has 0 fully saturated rings. The predicted octanol–water partition coefficient (Wildman–Crippen LogP) is 3.93. The van der Waals surface area contributed by atoms with E-state index in [1.54, 1.807) is 11.8 Å². The standard InChI is InChI=1S/C17H16ClNOS/c18-9-12-4-3-5-13(8-12)10-19-17(20)15-11-21-16-7-2-1-6-14(15)16/h1-8,15H,9-11H2,(H,19,20). The minimum atomic E-state index is -0.0394. The van der Waals surface area contributed by atoms with Crippen molar-refractivity contribution in [3.8, 4) is 0 Å². The van der Waals surface area contributed by atoms with Crippen LogP contribution in [0.4, 0.5) is 0 Å². The van der Waals surface area contributed by atoms with Crippen LogP contribution in [0.5, 0.6) is 0 Å². The van der Waals surface area contributed by atoms with Crippen LogP contribution >= 0.6 is 23.4 Å². The van der Waals surface area contributed by atoms with Gasteiger partial charge in [-0.2, -0.15) is 0 Å². The number of carbonyl (C=O) groups excluding carboxylic acids is 1. The first kappa shape index (κ1) is 14.5. The van der Waals surface area contributed by atoms with E-state index >= 15 is 0 Å². The third kappa shape index (κ3) is 3.25. The number of fused-ring (bicyclic) bond motifs is 1. The van der Waals surface area contributed by atoms with Gasteiger partial charge in [-0.25, -0.2) is 0 Å². The highest BCUT2D eigenvalue weighted by Gasteiger charge is 2.28. The largest absolute Gasteiger partial charge is 0.351 e. The Morgan fingerprint density at radius 3 is 2.86 bits per heavy atom. The minimum absolute atomic E-state index is 0.0394. The molecule has 4 heteroatoms. The fourth-order valence-corrected chi connectivity index (χ4v) is 3.91. The zero-order valence-electron chi connectivity index (χ0n) is 11.5. The summed E-state index contributed by atoms with van der Waals surface area (Å²) in [5.41, 5.74) is 3.31. The lowest BCUT2D eigenvalue weighted by atomic mass is 10.0. The zero-order valence-corrected chi connectivity index (χ0v) is 13.1. The topological polar surface area (TPSA) is 29.1 Å². The lowest BCUT2D eigenvalue weighted by Gasteiger charge is -2.12. The van der Waals surface area contributed by atoms with Crippen LogP contribution in [0.1, 0.15) is 22.6 Å². The SMILES string of the molecule is O=C(NCc1cccc(CCl)c1)C1CSc2ccccc21. The van der Waals surface area contributed by atoms with Crippen LogP contribution in [-0.4, -0.2) is 11.7 Å². The minimum Gasteiger partial charge on any atom is -0.351 e. The molecule has 1 atom stereocenters. The number of amides is 1. The molecule has 1 amide bonds. The van der Waals surface area contributed by atoms with Crippen LogP contribution in [0.3, 0.4) is 0 Å². The van der Waals surface area contributed by atoms with E-state index in [0.29, 0.717) is 12.4 Å². The van der Waals surface area contributed by atoms with Crippen molar-refractivity contribution in [1.82, 2.24) is 5.32 Å². The number of hydrogen-bond acceptors (Lipinski definition) is 2. The van der Waals surface area contributed by atoms with Crippen molar-refractivity contribution < 1.29 is 4.79 Å². The first-order chi connectivity index (χ1) is 10.3. The molecule has 2 aromatic carbocycles. The summed E-state index contributed by atoms with van der Waals surface area (Å²) in [6.07, 6.45) is 0. The van der Waals surface area contributed by atoms with E-state index in [2.05, 4.69) is 11.4 Å². The Kier molecular flexibility index (Phi) is 4.51. The van der Waals surface area contributed by atoms with E-state index in [0.717, 1.165) is 22.4 Å². The van der Waals surface area contributed by atoms with E-state index in [1.807, 2.05) is 42.5 Å². The zero-order chi connectivity index (χ0) is 14.7. The molecule has 1 heterocycles. The van der Waals surface area contributed by atoms with Crippen molar-refractivity contribution in [2.45, 2.75) is 23.2 Å². The van der Waals surface area contributed by atoms with E-state index in [1.165, 1.54) is 4.90 Å². The van der Waals surface area contributed by atoms with Gasteiger partial charge in [0, 0.05) is 23.1 Å². The van der Waals surface area contributed by atoms with Crippen LogP contribution in [-0.2, 0) is 17.2 Å². The third-order valence-corrected chi connectivity index (χ3v) is 5.12. The van der Waals surface area contributed by atoms with Crippen LogP contribution in [0.2, 0.25) is 0 Å². The fraction of sp³-hybridized carbons (Fsp3) is 0.235. The molecule has 1 aliphatic heterocycles. The van der Waals surface area contributed by atoms with Gasteiger partial charge in [-0.1, -0.05) is 42.5 Å². The maximum Gasteiger partial charge on any atom is 0.228 e. The predicted molar refractivity (Wildman–Crippen MR) is 87.8 cm³/mol. The molecule has 2 aromatic rings. The van der Waals surface area contributed by atoms with Crippen LogP contribution in [0.15, 0.2) is 53.4 Å². The van der Waals surface area contributed by atoms with Crippen molar-refractivity contribution in [1.29, 1.82) is 0 Å². The highest BCUT2D eigenvalue weighted by molar-refractivity contribution is 7.99. The summed E-state index contributed by atoms with van der Waals surface area (Å²) < 4.78 is 0. The molecule has 1 unspecified atom stereocenters. The number of hydrogen-bond donors (Lipinski definition) is 1. The number of carbonyl (C=O) groups is 1. The van der Waals surface area contributed by atoms with Gasteiger partial charge >= 0.3 is 0 Å². The van der Waals surface area contributed by atoms with Crippen LogP contribution in [0.25, 0.3) is 0 Å². The summed E-state index contributed by atoms with van der Waals surface area (Å²) in [5, 5.41) is 3.04. The van der Waals surface area contributed by atoms with Crippen LogP contribution in [0, 0.1) is 0 Å². The van der Waals surface area contributed by atoms with Gasteiger partial charge in [0.1, 0.15) is 0 Å². The first-order valence-corrected chi connectivity index (χ1v) is 8.43. The molecule has 0 aromatic heterocycles. The average molecular weight is 318 g/mol. The number of rotatable bonds is 4. The number of halogens is 1. The van der Waals surface area contributed by atoms with E-state index < -0.39 is 0 Å². The first-order valence-electron chi connectivity index (χ1n) is 6.91. The quantitative estimate of drug-likeness (QED) is 0.866. The Balaban J connectivity index is 1.65. The van der Waals surface area contributed by atoms with Gasteiger partial charge in [-0.3, -0.25) is 4.79 Å². The van der Waals surface area contributed by atoms with Crippen molar-refractivity contribution in [2.24, 2.45) is 0 Å². The molecule has 0 radical (unpaired) electrons. The van der Waals surface area contributed by atoms with E-state index in [-0.39, 0.29) is 11.8 Å². The lowest BCUT2D eigenvalue weighted by Crippen LogP contribution is -2.29. The van der Waals surface area contributed by atoms with Gasteiger partial charge in [0.05, 0.1) is 5.92 Å². The second-order valence-electron chi connectivity index (χ2n) is 5.07. The molecular formula is C17H16ClNOS. The summed E-state index contributed by atoms with van der Waals surface area (Å²) >= 11 is 7.59. The third-order valence-electron chi connectivity index (χ3n) is 3.63. The molecule has 1 aliphatic rings. The summed E-state index contributed by atoms with van der Waals surface area (Å²) in [4.78, 5) is 13.6. The van der Waals surface area contributed by atoms with Crippen molar-refractivity contribution in [2.75, 3.05) is 5.75 Å². The Morgan fingerprint density at radius 2 is 2.00 bits per heavy atom. The summed E-state index contributed by atoms with van der Waals surface area (Å²) in [6.45, 7) is 0.549. The Bertz CT molecular complexity index is 659. The second kappa shape index (κ2) is 6.54. The van der Waals surface area contributed by atoms with Crippen molar-refractivity contribution in [3.05, 3.63) is 65.2 Å². The van der Waals surface area contributed by atoms with Crippen molar-refractivity contribution in [3.63, 3.8) is 0 Å². The number of nitrogens with one attached hydrogen (secondary N) is 1. The summed E-state index contributed by atoms with van der Waals surface area (Å²) in [5.74, 6) is 1.38. The van der Waals surface area contributed by atoms with Gasteiger partial charge in [0.15, 0.2) is 0 Å². The van der Waals surface area contributed by atoms with Gasteiger partial charge in [0.2, 0.25) is 5.91 Å². The average Bonchev–Trinajstić information content (AvgIpc) is 2.97. The Morgan fingerprint density at radius 1 is 1.19 bits per heavy atom. The maximum atomic E-state index is 12.4. The molecule has 0 spiro atoms. The second-order valence-corrected chi connectivity index (χ2v) is 6.40. The summed E-state index contributed by atoms with van der Waals surface area (Å²) in [7, 11) is 0. The van der Waals surface area contributed by atoms with Gasteiger partial charge in [-0.05, 0) is 22.8 Å². The van der Waals surface area contributed by atoms with E-state index in [9.17, 15) is 4.79 Å². The van der Waals surface area contributed by atoms with Crippen molar-refractivity contribution >= 4 is 29.3 Å². The number of thioether (sulfide) groups is 1. The molecule has 0 saturated carbocycles. The van der Waals surface area contributed by atoms with Gasteiger partial charge < -0.3 is 5.32 Å². The molecule has 21 heavy (non-hydrogen) atoms. The number of benzene rings is 2. The summed E-state index contributed by atoms with van der Waals surface area (Å²) in [6, 6.07) is 16.1. The van der Waals surface area contributed by atoms with E-state index in [4.69, 9.17) is 11.6 Å². The highest BCUT2D eigenvalue weighted by atomic mass is 35.5. The van der Waals surface area contributed by atoms with Gasteiger partial charge in [0.25, 0.3) is 0 Å². The van der Waals surface area contributed by atoms with Crippen LogP contribution < -0.4 is 5.32 Å². The molecule has 0 bridgehead atoms. The number of alkyl halides is 1. The molecule has 1 N–H and O–H groups in total. The Hall–Kier alpha value is -1.45. The molecule has 108 valence electrons. The monoisotopic (exact) mass is 317 g/mol. The molecule has 0 aliphatic carbocycles. The molecule has 3 rings (SSSR count). The van der Waals surface area contributed by atoms with Gasteiger partial charge in [-0.15, -0.1) is 23.4 Å². The smallest absolute Gasteiger partial charge is 0.228 e. The Labute approximate surface area is 133 Å². The maximum absolute atomic E-state index is 12.4.